The molecule has 4 rings (SSSR count). The monoisotopic (exact) mass is 449 g/mol. The van der Waals surface area contributed by atoms with Crippen molar-refractivity contribution in [2.75, 3.05) is 39.0 Å². The number of hydrogen-bond donors (Lipinski definition) is 1. The second kappa shape index (κ2) is 8.93. The molecule has 1 N–H and O–H groups in total. The van der Waals surface area contributed by atoms with Crippen LogP contribution in [0.3, 0.4) is 0 Å². The number of carbonyl (C=O) groups excluding carboxylic acids is 1. The van der Waals surface area contributed by atoms with Crippen molar-refractivity contribution in [1.82, 2.24) is 19.8 Å². The van der Waals surface area contributed by atoms with Crippen molar-refractivity contribution in [1.29, 1.82) is 0 Å². The summed E-state index contributed by atoms with van der Waals surface area (Å²) in [7, 11) is 4.02. The maximum absolute atomic E-state index is 12.6. The molecule has 32 heavy (non-hydrogen) atoms. The zero-order valence-electron chi connectivity index (χ0n) is 18.0. The zero-order valence-corrected chi connectivity index (χ0v) is 18.0. The molecule has 1 saturated carbocycles. The fourth-order valence-electron chi connectivity index (χ4n) is 3.89. The number of carbonyl (C=O) groups is 1. The Bertz CT molecular complexity index is 955. The van der Waals surface area contributed by atoms with Gasteiger partial charge in [-0.3, -0.25) is 4.79 Å². The van der Waals surface area contributed by atoms with Gasteiger partial charge in [-0.15, -0.1) is 13.2 Å². The summed E-state index contributed by atoms with van der Waals surface area (Å²) in [5.41, 5.74) is 1.90. The minimum absolute atomic E-state index is 0.0994. The molecule has 0 atom stereocenters. The van der Waals surface area contributed by atoms with Crippen LogP contribution < -0.4 is 10.1 Å². The van der Waals surface area contributed by atoms with Crippen molar-refractivity contribution >= 4 is 11.9 Å². The first kappa shape index (κ1) is 22.3. The molecule has 1 saturated heterocycles. The third-order valence-corrected chi connectivity index (χ3v) is 5.49. The molecular weight excluding hydrogens is 423 g/mol. The van der Waals surface area contributed by atoms with Crippen LogP contribution in [0.2, 0.25) is 0 Å². The molecule has 10 heteroatoms. The van der Waals surface area contributed by atoms with Gasteiger partial charge >= 0.3 is 6.36 Å². The van der Waals surface area contributed by atoms with E-state index in [1.165, 1.54) is 24.5 Å². The molecular formula is C22H26F3N5O2. The molecule has 1 aliphatic carbocycles. The number of nitrogens with one attached hydrogen (secondary N) is 1. The van der Waals surface area contributed by atoms with Gasteiger partial charge in [0.05, 0.1) is 5.56 Å². The predicted molar refractivity (Wildman–Crippen MR) is 112 cm³/mol. The average molecular weight is 449 g/mol. The largest absolute Gasteiger partial charge is 0.573 e. The lowest BCUT2D eigenvalue weighted by Gasteiger charge is -2.40. The van der Waals surface area contributed by atoms with E-state index in [-0.39, 0.29) is 24.1 Å². The number of amides is 1. The SMILES string of the molecule is CN(C)CC1CN(C(=O)c2cnc(NCc3cc(OC(F)(F)F)cc(C4CC4)c3)nc2)C1. The van der Waals surface area contributed by atoms with Gasteiger partial charge < -0.3 is 19.9 Å². The summed E-state index contributed by atoms with van der Waals surface area (Å²) in [6, 6.07) is 4.68. The number of alkyl halides is 3. The van der Waals surface area contributed by atoms with Gasteiger partial charge in [0.15, 0.2) is 0 Å². The van der Waals surface area contributed by atoms with Crippen LogP contribution in [0.1, 0.15) is 40.2 Å². The first-order valence-corrected chi connectivity index (χ1v) is 10.6. The number of ether oxygens (including phenoxy) is 1. The zero-order chi connectivity index (χ0) is 22.9. The van der Waals surface area contributed by atoms with Gasteiger partial charge in [-0.05, 0) is 56.1 Å². The summed E-state index contributed by atoms with van der Waals surface area (Å²) in [6.45, 7) is 2.62. The summed E-state index contributed by atoms with van der Waals surface area (Å²) in [5, 5.41) is 3.00. The minimum Gasteiger partial charge on any atom is -0.406 e. The molecule has 1 aliphatic heterocycles. The quantitative estimate of drug-likeness (QED) is 0.665. The number of aromatic nitrogens is 2. The lowest BCUT2D eigenvalue weighted by atomic mass is 9.99. The fourth-order valence-corrected chi connectivity index (χ4v) is 3.89. The molecule has 2 aliphatic rings. The van der Waals surface area contributed by atoms with Crippen LogP contribution in [0.15, 0.2) is 30.6 Å². The Morgan fingerprint density at radius 3 is 2.47 bits per heavy atom. The van der Waals surface area contributed by atoms with E-state index in [9.17, 15) is 18.0 Å². The standard InChI is InChI=1S/C22H26F3N5O2/c1-29(2)11-15-12-30(13-15)20(31)18-9-27-21(28-10-18)26-8-14-5-17(16-3-4-16)7-19(6-14)32-22(23,24)25/h5-7,9-10,15-16H,3-4,8,11-13H2,1-2H3,(H,26,27,28). The normalized spacial score (nSPS) is 16.8. The maximum atomic E-state index is 12.6. The Balaban J connectivity index is 1.35. The number of hydrogen-bond acceptors (Lipinski definition) is 6. The topological polar surface area (TPSA) is 70.6 Å². The number of anilines is 1. The highest BCUT2D eigenvalue weighted by atomic mass is 19.4. The van der Waals surface area contributed by atoms with Crippen LogP contribution >= 0.6 is 0 Å². The number of rotatable bonds is 8. The predicted octanol–water partition coefficient (Wildman–Crippen LogP) is 3.50. The Hall–Kier alpha value is -2.88. The van der Waals surface area contributed by atoms with Crippen molar-refractivity contribution in [3.8, 4) is 5.75 Å². The molecule has 1 aromatic carbocycles. The molecule has 0 radical (unpaired) electrons. The molecule has 1 aromatic heterocycles. The smallest absolute Gasteiger partial charge is 0.406 e. The Morgan fingerprint density at radius 2 is 1.88 bits per heavy atom. The van der Waals surface area contributed by atoms with Gasteiger partial charge in [0, 0.05) is 44.5 Å². The second-order valence-electron chi connectivity index (χ2n) is 8.72. The first-order chi connectivity index (χ1) is 15.2. The summed E-state index contributed by atoms with van der Waals surface area (Å²) in [4.78, 5) is 24.8. The lowest BCUT2D eigenvalue weighted by Crippen LogP contribution is -2.53. The van der Waals surface area contributed by atoms with Crippen molar-refractivity contribution in [2.24, 2.45) is 5.92 Å². The van der Waals surface area contributed by atoms with Gasteiger partial charge in [0.25, 0.3) is 5.91 Å². The van der Waals surface area contributed by atoms with E-state index < -0.39 is 6.36 Å². The van der Waals surface area contributed by atoms with E-state index in [2.05, 4.69) is 24.9 Å². The van der Waals surface area contributed by atoms with Crippen LogP contribution in [0.5, 0.6) is 5.75 Å². The van der Waals surface area contributed by atoms with E-state index in [1.54, 1.807) is 4.90 Å². The minimum atomic E-state index is -4.73. The van der Waals surface area contributed by atoms with Crippen LogP contribution in [0, 0.1) is 5.92 Å². The average Bonchev–Trinajstić information content (AvgIpc) is 3.52. The van der Waals surface area contributed by atoms with Crippen molar-refractivity contribution in [3.05, 3.63) is 47.3 Å². The molecule has 0 spiro atoms. The summed E-state index contributed by atoms with van der Waals surface area (Å²) in [5.74, 6) is 0.741. The van der Waals surface area contributed by atoms with Crippen molar-refractivity contribution in [3.63, 3.8) is 0 Å². The summed E-state index contributed by atoms with van der Waals surface area (Å²) < 4.78 is 42.1. The van der Waals surface area contributed by atoms with Gasteiger partial charge in [0.1, 0.15) is 5.75 Å². The van der Waals surface area contributed by atoms with Crippen molar-refractivity contribution < 1.29 is 22.7 Å². The van der Waals surface area contributed by atoms with Gasteiger partial charge in [-0.2, -0.15) is 0 Å². The molecule has 172 valence electrons. The molecule has 0 unspecified atom stereocenters. The molecule has 7 nitrogen and oxygen atoms in total. The van der Waals surface area contributed by atoms with Crippen molar-refractivity contribution in [2.45, 2.75) is 31.7 Å². The van der Waals surface area contributed by atoms with E-state index >= 15 is 0 Å². The number of nitrogens with zero attached hydrogens (tertiary/aromatic N) is 4. The van der Waals surface area contributed by atoms with Crippen LogP contribution in [0.4, 0.5) is 19.1 Å². The van der Waals surface area contributed by atoms with Crippen LogP contribution in [-0.2, 0) is 6.54 Å². The molecule has 2 heterocycles. The first-order valence-electron chi connectivity index (χ1n) is 10.6. The lowest BCUT2D eigenvalue weighted by molar-refractivity contribution is -0.274. The second-order valence-corrected chi connectivity index (χ2v) is 8.72. The highest BCUT2D eigenvalue weighted by molar-refractivity contribution is 5.94. The van der Waals surface area contributed by atoms with Gasteiger partial charge in [0.2, 0.25) is 5.95 Å². The fraction of sp³-hybridized carbons (Fsp3) is 0.500. The Kier molecular flexibility index (Phi) is 6.23. The number of likely N-dealkylation sites (tertiary alicyclic amines) is 1. The van der Waals surface area contributed by atoms with Gasteiger partial charge in [-0.1, -0.05) is 6.07 Å². The molecule has 0 bridgehead atoms. The summed E-state index contributed by atoms with van der Waals surface area (Å²) in [6.07, 6.45) is 0.133. The molecule has 2 aromatic rings. The highest BCUT2D eigenvalue weighted by Crippen LogP contribution is 2.42. The maximum Gasteiger partial charge on any atom is 0.573 e. The summed E-state index contributed by atoms with van der Waals surface area (Å²) >= 11 is 0. The van der Waals surface area contributed by atoms with E-state index in [1.807, 2.05) is 20.2 Å². The van der Waals surface area contributed by atoms with E-state index in [4.69, 9.17) is 0 Å². The number of benzene rings is 1. The molecule has 1 amide bonds. The van der Waals surface area contributed by atoms with Crippen LogP contribution in [-0.4, -0.2) is 65.8 Å². The number of halogens is 3. The van der Waals surface area contributed by atoms with E-state index in [0.717, 1.165) is 38.0 Å². The Labute approximate surface area is 184 Å². The molecule has 2 fully saturated rings. The van der Waals surface area contributed by atoms with Gasteiger partial charge in [-0.25, -0.2) is 9.97 Å². The third-order valence-electron chi connectivity index (χ3n) is 5.49. The Morgan fingerprint density at radius 1 is 1.19 bits per heavy atom. The van der Waals surface area contributed by atoms with Crippen LogP contribution in [0.25, 0.3) is 0 Å². The third kappa shape index (κ3) is 5.87. The van der Waals surface area contributed by atoms with E-state index in [0.29, 0.717) is 23.0 Å². The highest BCUT2D eigenvalue weighted by Gasteiger charge is 2.33.